The van der Waals surface area contributed by atoms with Crippen LogP contribution < -0.4 is 14.8 Å². The number of amides is 1. The second-order valence-electron chi connectivity index (χ2n) is 8.48. The Kier molecular flexibility index (Phi) is 7.16. The molecule has 0 fully saturated rings. The van der Waals surface area contributed by atoms with E-state index in [-0.39, 0.29) is 11.9 Å². The lowest BCUT2D eigenvalue weighted by molar-refractivity contribution is 0.0937. The largest absolute Gasteiger partial charge is 0.497 e. The molecule has 1 unspecified atom stereocenters. The summed E-state index contributed by atoms with van der Waals surface area (Å²) in [6.45, 7) is 7.49. The van der Waals surface area contributed by atoms with E-state index in [0.29, 0.717) is 12.2 Å². The first-order chi connectivity index (χ1) is 16.5. The smallest absolute Gasteiger partial charge is 0.251 e. The molecule has 176 valence electrons. The molecule has 0 saturated carbocycles. The van der Waals surface area contributed by atoms with Gasteiger partial charge in [-0.3, -0.25) is 4.79 Å². The molecule has 0 aliphatic heterocycles. The lowest BCUT2D eigenvalue weighted by atomic mass is 10.1. The molecular weight excluding hydrogens is 426 g/mol. The molecule has 34 heavy (non-hydrogen) atoms. The van der Waals surface area contributed by atoms with E-state index >= 15 is 0 Å². The van der Waals surface area contributed by atoms with Crippen molar-refractivity contribution in [3.8, 4) is 11.5 Å². The highest BCUT2D eigenvalue weighted by atomic mass is 16.5. The average molecular weight is 458 g/mol. The summed E-state index contributed by atoms with van der Waals surface area (Å²) < 4.78 is 13.3. The van der Waals surface area contributed by atoms with Gasteiger partial charge in [0, 0.05) is 12.1 Å². The average Bonchev–Trinajstić information content (AvgIpc) is 3.22. The number of fused-ring (bicyclic) bond motifs is 1. The fourth-order valence-corrected chi connectivity index (χ4v) is 3.96. The van der Waals surface area contributed by atoms with Gasteiger partial charge in [-0.2, -0.15) is 0 Å². The highest BCUT2D eigenvalue weighted by Gasteiger charge is 2.19. The monoisotopic (exact) mass is 457 g/mol. The maximum Gasteiger partial charge on any atom is 0.251 e. The number of aromatic nitrogens is 2. The SMILES string of the molecule is COc1ccc(C(=O)NC(C)c2nc3ccccc3n2CCCOc2ccc(C)c(C)c2)cc1. The molecule has 0 saturated heterocycles. The molecule has 1 aromatic heterocycles. The number of hydrogen-bond acceptors (Lipinski definition) is 4. The first-order valence-corrected chi connectivity index (χ1v) is 11.6. The number of nitrogens with one attached hydrogen (secondary N) is 1. The molecule has 1 amide bonds. The summed E-state index contributed by atoms with van der Waals surface area (Å²) in [6, 6.07) is 21.0. The van der Waals surface area contributed by atoms with E-state index in [2.05, 4.69) is 41.9 Å². The maximum absolute atomic E-state index is 12.8. The van der Waals surface area contributed by atoms with Gasteiger partial charge in [0.1, 0.15) is 17.3 Å². The van der Waals surface area contributed by atoms with Crippen molar-refractivity contribution in [3.63, 3.8) is 0 Å². The van der Waals surface area contributed by atoms with E-state index < -0.39 is 0 Å². The molecule has 6 heteroatoms. The number of carbonyl (C=O) groups excluding carboxylic acids is 1. The van der Waals surface area contributed by atoms with Crippen molar-refractivity contribution in [2.45, 2.75) is 39.8 Å². The molecule has 1 N–H and O–H groups in total. The molecule has 0 spiro atoms. The Morgan fingerprint density at radius 1 is 1.00 bits per heavy atom. The van der Waals surface area contributed by atoms with Gasteiger partial charge in [-0.1, -0.05) is 18.2 Å². The molecule has 4 rings (SSSR count). The van der Waals surface area contributed by atoms with Crippen molar-refractivity contribution >= 4 is 16.9 Å². The van der Waals surface area contributed by atoms with Crippen LogP contribution in [0.15, 0.2) is 66.7 Å². The van der Waals surface area contributed by atoms with Crippen LogP contribution in [0.5, 0.6) is 11.5 Å². The number of ether oxygens (including phenoxy) is 2. The van der Waals surface area contributed by atoms with Crippen LogP contribution >= 0.6 is 0 Å². The Bertz CT molecular complexity index is 1280. The molecule has 0 aliphatic carbocycles. The number of imidazole rings is 1. The zero-order valence-corrected chi connectivity index (χ0v) is 20.2. The molecule has 0 bridgehead atoms. The number of carbonyl (C=O) groups is 1. The summed E-state index contributed by atoms with van der Waals surface area (Å²) in [4.78, 5) is 17.6. The maximum atomic E-state index is 12.8. The summed E-state index contributed by atoms with van der Waals surface area (Å²) >= 11 is 0. The zero-order chi connectivity index (χ0) is 24.1. The molecule has 6 nitrogen and oxygen atoms in total. The second-order valence-corrected chi connectivity index (χ2v) is 8.48. The van der Waals surface area contributed by atoms with E-state index in [0.717, 1.165) is 41.3 Å². The van der Waals surface area contributed by atoms with Crippen LogP contribution in [0, 0.1) is 13.8 Å². The highest BCUT2D eigenvalue weighted by Crippen LogP contribution is 2.22. The fraction of sp³-hybridized carbons (Fsp3) is 0.286. The van der Waals surface area contributed by atoms with Gasteiger partial charge in [0.2, 0.25) is 0 Å². The van der Waals surface area contributed by atoms with Crippen LogP contribution in [0.25, 0.3) is 11.0 Å². The van der Waals surface area contributed by atoms with Gasteiger partial charge in [-0.15, -0.1) is 0 Å². The van der Waals surface area contributed by atoms with Crippen LogP contribution in [0.1, 0.15) is 46.7 Å². The summed E-state index contributed by atoms with van der Waals surface area (Å²) in [5, 5.41) is 3.08. The lowest BCUT2D eigenvalue weighted by Crippen LogP contribution is -2.28. The second kappa shape index (κ2) is 10.4. The van der Waals surface area contributed by atoms with Gasteiger partial charge in [0.05, 0.1) is 30.8 Å². The molecule has 0 radical (unpaired) electrons. The first-order valence-electron chi connectivity index (χ1n) is 11.6. The fourth-order valence-electron chi connectivity index (χ4n) is 3.96. The van der Waals surface area contributed by atoms with Gasteiger partial charge in [-0.25, -0.2) is 4.98 Å². The van der Waals surface area contributed by atoms with Gasteiger partial charge in [0.15, 0.2) is 0 Å². The topological polar surface area (TPSA) is 65.4 Å². The Hall–Kier alpha value is -3.80. The Labute approximate surface area is 200 Å². The normalized spacial score (nSPS) is 11.9. The van der Waals surface area contributed by atoms with Crippen molar-refractivity contribution in [1.82, 2.24) is 14.9 Å². The zero-order valence-electron chi connectivity index (χ0n) is 20.2. The van der Waals surface area contributed by atoms with Gasteiger partial charge in [-0.05, 0) is 86.8 Å². The molecule has 1 atom stereocenters. The standard InChI is InChI=1S/C28H31N3O3/c1-19-10-13-24(18-20(19)2)34-17-7-16-31-26-9-6-5-8-25(26)30-27(31)21(3)29-28(32)22-11-14-23(33-4)15-12-22/h5-6,8-15,18,21H,7,16-17H2,1-4H3,(H,29,32). The summed E-state index contributed by atoms with van der Waals surface area (Å²) in [7, 11) is 1.61. The first kappa shape index (κ1) is 23.4. The molecule has 1 heterocycles. The minimum Gasteiger partial charge on any atom is -0.497 e. The van der Waals surface area contributed by atoms with Crippen LogP contribution in [-0.4, -0.2) is 29.2 Å². The number of hydrogen-bond donors (Lipinski definition) is 1. The number of methoxy groups -OCH3 is 1. The van der Waals surface area contributed by atoms with E-state index in [9.17, 15) is 4.79 Å². The quantitative estimate of drug-likeness (QED) is 0.331. The molecule has 0 aliphatic rings. The van der Waals surface area contributed by atoms with Crippen molar-refractivity contribution in [2.75, 3.05) is 13.7 Å². The van der Waals surface area contributed by atoms with Crippen LogP contribution in [0.4, 0.5) is 0 Å². The molecule has 3 aromatic carbocycles. The summed E-state index contributed by atoms with van der Waals surface area (Å²) in [6.07, 6.45) is 0.819. The number of para-hydroxylation sites is 2. The van der Waals surface area contributed by atoms with E-state index in [1.54, 1.807) is 31.4 Å². The van der Waals surface area contributed by atoms with E-state index in [1.807, 2.05) is 31.2 Å². The van der Waals surface area contributed by atoms with Crippen molar-refractivity contribution < 1.29 is 14.3 Å². The van der Waals surface area contributed by atoms with E-state index in [1.165, 1.54) is 11.1 Å². The van der Waals surface area contributed by atoms with Crippen molar-refractivity contribution in [3.05, 3.63) is 89.2 Å². The van der Waals surface area contributed by atoms with Crippen LogP contribution in [0.2, 0.25) is 0 Å². The Morgan fingerprint density at radius 2 is 1.74 bits per heavy atom. The predicted molar refractivity (Wildman–Crippen MR) is 135 cm³/mol. The summed E-state index contributed by atoms with van der Waals surface area (Å²) in [5.74, 6) is 2.29. The van der Waals surface area contributed by atoms with E-state index in [4.69, 9.17) is 14.5 Å². The third-order valence-corrected chi connectivity index (χ3v) is 6.04. The Morgan fingerprint density at radius 3 is 2.47 bits per heavy atom. The minimum atomic E-state index is -0.261. The molecular formula is C28H31N3O3. The van der Waals surface area contributed by atoms with Crippen LogP contribution in [0.3, 0.4) is 0 Å². The lowest BCUT2D eigenvalue weighted by Gasteiger charge is -2.17. The number of aryl methyl sites for hydroxylation is 3. The number of benzene rings is 3. The van der Waals surface area contributed by atoms with Gasteiger partial charge < -0.3 is 19.4 Å². The third-order valence-electron chi connectivity index (χ3n) is 6.04. The predicted octanol–water partition coefficient (Wildman–Crippen LogP) is 5.62. The highest BCUT2D eigenvalue weighted by molar-refractivity contribution is 5.94. The van der Waals surface area contributed by atoms with Crippen molar-refractivity contribution in [2.24, 2.45) is 0 Å². The summed E-state index contributed by atoms with van der Waals surface area (Å²) in [5.41, 5.74) is 5.03. The third kappa shape index (κ3) is 5.22. The van der Waals surface area contributed by atoms with Gasteiger partial charge in [0.25, 0.3) is 5.91 Å². The number of rotatable bonds is 9. The molecule has 4 aromatic rings. The van der Waals surface area contributed by atoms with Crippen molar-refractivity contribution in [1.29, 1.82) is 0 Å². The Balaban J connectivity index is 1.46. The van der Waals surface area contributed by atoms with Crippen LogP contribution in [-0.2, 0) is 6.54 Å². The number of nitrogens with zero attached hydrogens (tertiary/aromatic N) is 2. The van der Waals surface area contributed by atoms with Gasteiger partial charge >= 0.3 is 0 Å². The minimum absolute atomic E-state index is 0.146.